The fourth-order valence-corrected chi connectivity index (χ4v) is 1.46. The fourth-order valence-electron chi connectivity index (χ4n) is 1.46. The van der Waals surface area contributed by atoms with E-state index in [0.29, 0.717) is 6.54 Å². The van der Waals surface area contributed by atoms with Gasteiger partial charge in [0, 0.05) is 12.6 Å². The van der Waals surface area contributed by atoms with Gasteiger partial charge in [0.25, 0.3) is 0 Å². The zero-order valence-corrected chi connectivity index (χ0v) is 12.2. The Morgan fingerprint density at radius 1 is 1.28 bits per heavy atom. The molecule has 0 saturated carbocycles. The van der Waals surface area contributed by atoms with Crippen molar-refractivity contribution in [2.75, 3.05) is 6.54 Å². The maximum Gasteiger partial charge on any atom is 0.237 e. The molecule has 2 amide bonds. The summed E-state index contributed by atoms with van der Waals surface area (Å²) in [5.74, 6) is -0.418. The maximum atomic E-state index is 11.8. The lowest BCUT2D eigenvalue weighted by molar-refractivity contribution is -0.127. The van der Waals surface area contributed by atoms with Crippen molar-refractivity contribution in [1.82, 2.24) is 10.6 Å². The van der Waals surface area contributed by atoms with Gasteiger partial charge in [0.05, 0.1) is 11.5 Å². The van der Waals surface area contributed by atoms with Crippen LogP contribution in [0.15, 0.2) is 0 Å². The van der Waals surface area contributed by atoms with Crippen LogP contribution in [-0.2, 0) is 9.59 Å². The number of carbonyl (C=O) groups excluding carboxylic acids is 2. The van der Waals surface area contributed by atoms with E-state index in [9.17, 15) is 9.59 Å². The molecule has 0 radical (unpaired) electrons. The second-order valence-electron chi connectivity index (χ2n) is 5.55. The first kappa shape index (κ1) is 16.9. The summed E-state index contributed by atoms with van der Waals surface area (Å²) in [4.78, 5) is 23.0. The number of hydrogen-bond acceptors (Lipinski definition) is 3. The lowest BCUT2D eigenvalue weighted by Crippen LogP contribution is -2.49. The normalized spacial score (nSPS) is 14.9. The lowest BCUT2D eigenvalue weighted by atomic mass is 9.92. The number of amides is 2. The molecular weight excluding hydrogens is 230 g/mol. The minimum Gasteiger partial charge on any atom is -0.369 e. The van der Waals surface area contributed by atoms with E-state index in [1.165, 1.54) is 0 Å². The van der Waals surface area contributed by atoms with Gasteiger partial charge in [-0.1, -0.05) is 13.3 Å². The number of nitrogens with two attached hydrogens (primary N) is 1. The van der Waals surface area contributed by atoms with E-state index in [2.05, 4.69) is 17.6 Å². The van der Waals surface area contributed by atoms with Gasteiger partial charge in [-0.05, 0) is 34.1 Å². The van der Waals surface area contributed by atoms with Crippen LogP contribution >= 0.6 is 0 Å². The Balaban J connectivity index is 4.13. The van der Waals surface area contributed by atoms with Crippen LogP contribution < -0.4 is 16.4 Å². The third-order valence-corrected chi connectivity index (χ3v) is 3.02. The molecule has 0 aromatic rings. The Morgan fingerprint density at radius 2 is 1.83 bits per heavy atom. The van der Waals surface area contributed by atoms with E-state index in [1.807, 2.05) is 6.92 Å². The van der Waals surface area contributed by atoms with E-state index in [0.717, 1.165) is 12.8 Å². The van der Waals surface area contributed by atoms with Crippen LogP contribution in [0.2, 0.25) is 0 Å². The van der Waals surface area contributed by atoms with Crippen LogP contribution in [0.5, 0.6) is 0 Å². The summed E-state index contributed by atoms with van der Waals surface area (Å²) in [6.45, 7) is 9.75. The quantitative estimate of drug-likeness (QED) is 0.601. The van der Waals surface area contributed by atoms with Crippen molar-refractivity contribution in [3.05, 3.63) is 0 Å². The zero-order chi connectivity index (χ0) is 14.3. The molecule has 0 saturated heterocycles. The summed E-state index contributed by atoms with van der Waals surface area (Å²) in [5.41, 5.74) is 4.62. The van der Waals surface area contributed by atoms with Crippen molar-refractivity contribution < 1.29 is 9.59 Å². The second kappa shape index (κ2) is 7.36. The average Bonchev–Trinajstić information content (AvgIpc) is 2.25. The molecule has 0 fully saturated rings. The van der Waals surface area contributed by atoms with Crippen LogP contribution in [0.25, 0.3) is 0 Å². The highest BCUT2D eigenvalue weighted by Crippen LogP contribution is 2.12. The summed E-state index contributed by atoms with van der Waals surface area (Å²) < 4.78 is 0. The predicted molar refractivity (Wildman–Crippen MR) is 73.0 cm³/mol. The number of hydrogen-bond donors (Lipinski definition) is 3. The summed E-state index contributed by atoms with van der Waals surface area (Å²) in [7, 11) is 0. The first-order chi connectivity index (χ1) is 8.20. The van der Waals surface area contributed by atoms with Gasteiger partial charge in [-0.15, -0.1) is 0 Å². The van der Waals surface area contributed by atoms with Crippen molar-refractivity contribution in [1.29, 1.82) is 0 Å². The summed E-state index contributed by atoms with van der Waals surface area (Å²) in [6.07, 6.45) is 2.00. The molecule has 0 aromatic heterocycles. The van der Waals surface area contributed by atoms with E-state index < -0.39 is 5.41 Å². The molecule has 5 heteroatoms. The molecule has 0 aliphatic carbocycles. The smallest absolute Gasteiger partial charge is 0.237 e. The SMILES string of the molecule is CCCC(C)NC(=O)C(C)NCC(C)(C)C(N)=O. The van der Waals surface area contributed by atoms with Crippen molar-refractivity contribution in [3.8, 4) is 0 Å². The third kappa shape index (κ3) is 6.00. The predicted octanol–water partition coefficient (Wildman–Crippen LogP) is 0.781. The van der Waals surface area contributed by atoms with Crippen molar-refractivity contribution in [2.45, 2.75) is 59.5 Å². The summed E-state index contributed by atoms with van der Waals surface area (Å²) >= 11 is 0. The Kier molecular flexibility index (Phi) is 6.91. The molecule has 0 heterocycles. The minimum atomic E-state index is -0.649. The molecule has 0 rings (SSSR count). The second-order valence-corrected chi connectivity index (χ2v) is 5.55. The Hall–Kier alpha value is -1.10. The zero-order valence-electron chi connectivity index (χ0n) is 12.2. The van der Waals surface area contributed by atoms with Gasteiger partial charge >= 0.3 is 0 Å². The van der Waals surface area contributed by atoms with Gasteiger partial charge in [-0.3, -0.25) is 9.59 Å². The topological polar surface area (TPSA) is 84.2 Å². The van der Waals surface area contributed by atoms with Gasteiger partial charge < -0.3 is 16.4 Å². The first-order valence-corrected chi connectivity index (χ1v) is 6.54. The molecule has 0 aliphatic rings. The van der Waals surface area contributed by atoms with Crippen LogP contribution in [0.1, 0.15) is 47.5 Å². The number of rotatable bonds is 8. The maximum absolute atomic E-state index is 11.8. The molecular formula is C13H27N3O2. The molecule has 0 bridgehead atoms. The van der Waals surface area contributed by atoms with Crippen LogP contribution in [-0.4, -0.2) is 30.4 Å². The van der Waals surface area contributed by atoms with E-state index in [1.54, 1.807) is 20.8 Å². The Labute approximate surface area is 110 Å². The van der Waals surface area contributed by atoms with Crippen molar-refractivity contribution in [2.24, 2.45) is 11.1 Å². The van der Waals surface area contributed by atoms with Crippen molar-refractivity contribution >= 4 is 11.8 Å². The molecule has 106 valence electrons. The lowest BCUT2D eigenvalue weighted by Gasteiger charge is -2.24. The van der Waals surface area contributed by atoms with E-state index in [-0.39, 0.29) is 23.9 Å². The highest BCUT2D eigenvalue weighted by Gasteiger charge is 2.26. The molecule has 4 N–H and O–H groups in total. The Bertz CT molecular complexity index is 290. The fraction of sp³-hybridized carbons (Fsp3) is 0.846. The van der Waals surface area contributed by atoms with Gasteiger partial charge in [-0.2, -0.15) is 0 Å². The minimum absolute atomic E-state index is 0.0452. The van der Waals surface area contributed by atoms with E-state index >= 15 is 0 Å². The number of carbonyl (C=O) groups is 2. The van der Waals surface area contributed by atoms with Crippen molar-refractivity contribution in [3.63, 3.8) is 0 Å². The molecule has 2 atom stereocenters. The van der Waals surface area contributed by atoms with Crippen LogP contribution in [0, 0.1) is 5.41 Å². The molecule has 18 heavy (non-hydrogen) atoms. The molecule has 2 unspecified atom stereocenters. The first-order valence-electron chi connectivity index (χ1n) is 6.54. The monoisotopic (exact) mass is 257 g/mol. The molecule has 5 nitrogen and oxygen atoms in total. The van der Waals surface area contributed by atoms with Gasteiger partial charge in [0.1, 0.15) is 0 Å². The van der Waals surface area contributed by atoms with E-state index in [4.69, 9.17) is 5.73 Å². The molecule has 0 aliphatic heterocycles. The van der Waals surface area contributed by atoms with Crippen LogP contribution in [0.3, 0.4) is 0 Å². The standard InChI is InChI=1S/C13H27N3O2/c1-6-7-9(2)16-11(17)10(3)15-8-13(4,5)12(14)18/h9-10,15H,6-8H2,1-5H3,(H2,14,18)(H,16,17). The van der Waals surface area contributed by atoms with Gasteiger partial charge in [0.15, 0.2) is 0 Å². The van der Waals surface area contributed by atoms with Gasteiger partial charge in [-0.25, -0.2) is 0 Å². The highest BCUT2D eigenvalue weighted by atomic mass is 16.2. The number of nitrogens with one attached hydrogen (secondary N) is 2. The summed E-state index contributed by atoms with van der Waals surface area (Å²) in [5, 5.41) is 5.97. The Morgan fingerprint density at radius 3 is 2.28 bits per heavy atom. The molecule has 0 spiro atoms. The number of primary amides is 1. The highest BCUT2D eigenvalue weighted by molar-refractivity contribution is 5.82. The van der Waals surface area contributed by atoms with Gasteiger partial charge in [0.2, 0.25) is 11.8 Å². The summed E-state index contributed by atoms with van der Waals surface area (Å²) in [6, 6.07) is -0.154. The largest absolute Gasteiger partial charge is 0.369 e. The average molecular weight is 257 g/mol. The molecule has 0 aromatic carbocycles. The third-order valence-electron chi connectivity index (χ3n) is 3.02. The van der Waals surface area contributed by atoms with Crippen LogP contribution in [0.4, 0.5) is 0 Å².